The Morgan fingerprint density at radius 2 is 2.06 bits per heavy atom. The maximum atomic E-state index is 11.3. The lowest BCUT2D eigenvalue weighted by molar-refractivity contribution is -0.142. The summed E-state index contributed by atoms with van der Waals surface area (Å²) in [5.41, 5.74) is 6.43. The Labute approximate surface area is 108 Å². The highest BCUT2D eigenvalue weighted by Gasteiger charge is 2.16. The third-order valence-electron chi connectivity index (χ3n) is 2.28. The third-order valence-corrected chi connectivity index (χ3v) is 2.28. The number of hydrogen-bond acceptors (Lipinski definition) is 4. The number of carbonyl (C=O) groups excluding carboxylic acids is 1. The molecule has 0 aliphatic carbocycles. The molecule has 0 bridgehead atoms. The molecule has 0 aliphatic rings. The van der Waals surface area contributed by atoms with Crippen LogP contribution in [-0.4, -0.2) is 24.7 Å². The van der Waals surface area contributed by atoms with Crippen molar-refractivity contribution in [3.63, 3.8) is 0 Å². The van der Waals surface area contributed by atoms with Gasteiger partial charge < -0.3 is 15.2 Å². The van der Waals surface area contributed by atoms with Gasteiger partial charge in [-0.2, -0.15) is 0 Å². The van der Waals surface area contributed by atoms with E-state index in [2.05, 4.69) is 4.74 Å². The summed E-state index contributed by atoms with van der Waals surface area (Å²) in [4.78, 5) is 11.3. The minimum atomic E-state index is -0.639. The van der Waals surface area contributed by atoms with E-state index in [0.29, 0.717) is 6.42 Å². The summed E-state index contributed by atoms with van der Waals surface area (Å²) in [6.07, 6.45) is 0.439. The molecule has 0 amide bonds. The first kappa shape index (κ1) is 14.5. The van der Waals surface area contributed by atoms with Crippen molar-refractivity contribution in [2.24, 2.45) is 5.73 Å². The molecule has 0 spiro atoms. The molecule has 1 aromatic rings. The SMILES string of the molecule is COC(=O)[C@@H](N)Cc1cccc(OC(C)(C)C)c1. The maximum absolute atomic E-state index is 11.3. The molecule has 0 saturated heterocycles. The van der Waals surface area contributed by atoms with E-state index in [1.54, 1.807) is 0 Å². The summed E-state index contributed by atoms with van der Waals surface area (Å²) >= 11 is 0. The van der Waals surface area contributed by atoms with Crippen LogP contribution in [0.4, 0.5) is 0 Å². The van der Waals surface area contributed by atoms with Crippen molar-refractivity contribution < 1.29 is 14.3 Å². The first-order valence-corrected chi connectivity index (χ1v) is 5.93. The fourth-order valence-electron chi connectivity index (χ4n) is 1.58. The molecular weight excluding hydrogens is 230 g/mol. The van der Waals surface area contributed by atoms with Gasteiger partial charge in [0.1, 0.15) is 17.4 Å². The zero-order chi connectivity index (χ0) is 13.8. The van der Waals surface area contributed by atoms with Crippen LogP contribution in [0.2, 0.25) is 0 Å². The van der Waals surface area contributed by atoms with Crippen LogP contribution in [0.15, 0.2) is 24.3 Å². The second kappa shape index (κ2) is 5.87. The second-order valence-corrected chi connectivity index (χ2v) is 5.20. The van der Waals surface area contributed by atoms with Crippen molar-refractivity contribution in [2.75, 3.05) is 7.11 Å². The van der Waals surface area contributed by atoms with Crippen molar-refractivity contribution in [1.29, 1.82) is 0 Å². The lowest BCUT2D eigenvalue weighted by Gasteiger charge is -2.21. The highest BCUT2D eigenvalue weighted by molar-refractivity contribution is 5.75. The fraction of sp³-hybridized carbons (Fsp3) is 0.500. The molecule has 1 aromatic carbocycles. The van der Waals surface area contributed by atoms with E-state index in [1.165, 1.54) is 7.11 Å². The summed E-state index contributed by atoms with van der Waals surface area (Å²) in [7, 11) is 1.33. The van der Waals surface area contributed by atoms with Crippen molar-refractivity contribution in [3.05, 3.63) is 29.8 Å². The molecule has 0 fully saturated rings. The van der Waals surface area contributed by atoms with E-state index in [1.807, 2.05) is 45.0 Å². The van der Waals surface area contributed by atoms with Gasteiger partial charge in [-0.05, 0) is 44.9 Å². The van der Waals surface area contributed by atoms with Gasteiger partial charge in [-0.15, -0.1) is 0 Å². The van der Waals surface area contributed by atoms with Crippen LogP contribution in [0.5, 0.6) is 5.75 Å². The van der Waals surface area contributed by atoms with E-state index in [9.17, 15) is 4.79 Å². The van der Waals surface area contributed by atoms with Crippen LogP contribution < -0.4 is 10.5 Å². The van der Waals surface area contributed by atoms with Gasteiger partial charge in [0.25, 0.3) is 0 Å². The second-order valence-electron chi connectivity index (χ2n) is 5.20. The molecule has 0 unspecified atom stereocenters. The molecule has 0 saturated carbocycles. The summed E-state index contributed by atoms with van der Waals surface area (Å²) in [6.45, 7) is 5.96. The lowest BCUT2D eigenvalue weighted by Crippen LogP contribution is -2.33. The molecule has 1 atom stereocenters. The van der Waals surface area contributed by atoms with Crippen molar-refractivity contribution in [3.8, 4) is 5.75 Å². The van der Waals surface area contributed by atoms with E-state index in [4.69, 9.17) is 10.5 Å². The third kappa shape index (κ3) is 4.75. The summed E-state index contributed by atoms with van der Waals surface area (Å²) in [6, 6.07) is 6.95. The lowest BCUT2D eigenvalue weighted by atomic mass is 10.1. The standard InChI is InChI=1S/C14H21NO3/c1-14(2,3)18-11-7-5-6-10(8-11)9-12(15)13(16)17-4/h5-8,12H,9,15H2,1-4H3/t12-/m0/s1. The Morgan fingerprint density at radius 3 is 2.61 bits per heavy atom. The smallest absolute Gasteiger partial charge is 0.322 e. The number of esters is 1. The predicted octanol–water partition coefficient (Wildman–Crippen LogP) is 1.91. The molecule has 0 aliphatic heterocycles. The number of rotatable bonds is 4. The minimum Gasteiger partial charge on any atom is -0.488 e. The van der Waals surface area contributed by atoms with Crippen LogP contribution in [0.25, 0.3) is 0 Å². The van der Waals surface area contributed by atoms with E-state index in [0.717, 1.165) is 11.3 Å². The topological polar surface area (TPSA) is 61.5 Å². The number of methoxy groups -OCH3 is 1. The largest absolute Gasteiger partial charge is 0.488 e. The highest BCUT2D eigenvalue weighted by atomic mass is 16.5. The summed E-state index contributed by atoms with van der Waals surface area (Å²) < 4.78 is 10.4. The number of ether oxygens (including phenoxy) is 2. The van der Waals surface area contributed by atoms with Gasteiger partial charge in [-0.25, -0.2) is 0 Å². The van der Waals surface area contributed by atoms with Crippen LogP contribution in [0.3, 0.4) is 0 Å². The highest BCUT2D eigenvalue weighted by Crippen LogP contribution is 2.19. The molecule has 1 rings (SSSR count). The zero-order valence-electron chi connectivity index (χ0n) is 11.4. The molecule has 4 heteroatoms. The molecule has 4 nitrogen and oxygen atoms in total. The monoisotopic (exact) mass is 251 g/mol. The summed E-state index contributed by atoms with van der Waals surface area (Å²) in [5.74, 6) is 0.370. The number of carbonyl (C=O) groups is 1. The van der Waals surface area contributed by atoms with Crippen molar-refractivity contribution in [1.82, 2.24) is 0 Å². The molecule has 100 valence electrons. The van der Waals surface area contributed by atoms with Crippen LogP contribution in [-0.2, 0) is 16.0 Å². The van der Waals surface area contributed by atoms with E-state index >= 15 is 0 Å². The van der Waals surface area contributed by atoms with Gasteiger partial charge in [0, 0.05) is 0 Å². The first-order chi connectivity index (χ1) is 8.31. The van der Waals surface area contributed by atoms with Gasteiger partial charge in [0.05, 0.1) is 7.11 Å². The summed E-state index contributed by atoms with van der Waals surface area (Å²) in [5, 5.41) is 0. The van der Waals surface area contributed by atoms with Crippen molar-refractivity contribution >= 4 is 5.97 Å². The van der Waals surface area contributed by atoms with Crippen LogP contribution in [0.1, 0.15) is 26.3 Å². The molecule has 2 N–H and O–H groups in total. The Morgan fingerprint density at radius 1 is 1.39 bits per heavy atom. The molecule has 0 aromatic heterocycles. The van der Waals surface area contributed by atoms with Gasteiger partial charge in [0.15, 0.2) is 0 Å². The molecule has 0 radical (unpaired) electrons. The number of benzene rings is 1. The molecule has 0 heterocycles. The average molecular weight is 251 g/mol. The van der Waals surface area contributed by atoms with Crippen LogP contribution >= 0.6 is 0 Å². The predicted molar refractivity (Wildman–Crippen MR) is 70.5 cm³/mol. The van der Waals surface area contributed by atoms with Gasteiger partial charge >= 0.3 is 5.97 Å². The van der Waals surface area contributed by atoms with Gasteiger partial charge in [-0.1, -0.05) is 12.1 Å². The zero-order valence-corrected chi connectivity index (χ0v) is 11.4. The average Bonchev–Trinajstić information content (AvgIpc) is 2.26. The Hall–Kier alpha value is -1.55. The normalized spacial score (nSPS) is 12.9. The quantitative estimate of drug-likeness (QED) is 0.830. The maximum Gasteiger partial charge on any atom is 0.322 e. The molecule has 18 heavy (non-hydrogen) atoms. The van der Waals surface area contributed by atoms with E-state index in [-0.39, 0.29) is 5.60 Å². The van der Waals surface area contributed by atoms with Gasteiger partial charge in [-0.3, -0.25) is 4.79 Å². The number of hydrogen-bond donors (Lipinski definition) is 1. The van der Waals surface area contributed by atoms with E-state index < -0.39 is 12.0 Å². The Balaban J connectivity index is 2.73. The number of nitrogens with two attached hydrogens (primary N) is 1. The van der Waals surface area contributed by atoms with Crippen molar-refractivity contribution in [2.45, 2.75) is 38.8 Å². The van der Waals surface area contributed by atoms with Gasteiger partial charge in [0.2, 0.25) is 0 Å². The Kier molecular flexibility index (Phi) is 4.73. The fourth-order valence-corrected chi connectivity index (χ4v) is 1.58. The minimum absolute atomic E-state index is 0.247. The Bertz CT molecular complexity index is 410. The first-order valence-electron chi connectivity index (χ1n) is 5.93. The van der Waals surface area contributed by atoms with Crippen LogP contribution in [0, 0.1) is 0 Å². The molecular formula is C14H21NO3.